The number of nitrogens with one attached hydrogen (secondary N) is 1. The Morgan fingerprint density at radius 2 is 2.10 bits per heavy atom. The van der Waals surface area contributed by atoms with E-state index in [0.717, 1.165) is 17.5 Å². The molecule has 0 saturated carbocycles. The fourth-order valence-electron chi connectivity index (χ4n) is 1.65. The number of imidazole rings is 1. The molecule has 6 nitrogen and oxygen atoms in total. The number of carboxylic acids is 1. The number of carboxylic acid groups (broad SMARTS) is 1. The number of nitrogens with zero attached hydrogens (tertiary/aromatic N) is 2. The smallest absolute Gasteiger partial charge is 0.313 e. The first-order valence-corrected chi connectivity index (χ1v) is 7.35. The van der Waals surface area contributed by atoms with Crippen molar-refractivity contribution >= 4 is 23.6 Å². The van der Waals surface area contributed by atoms with Crippen LogP contribution in [0.4, 0.5) is 0 Å². The molecule has 1 aromatic rings. The van der Waals surface area contributed by atoms with Crippen LogP contribution in [0.5, 0.6) is 0 Å². The van der Waals surface area contributed by atoms with Crippen LogP contribution < -0.4 is 5.32 Å². The molecule has 2 N–H and O–H groups in total. The minimum atomic E-state index is -0.882. The lowest BCUT2D eigenvalue weighted by molar-refractivity contribution is -0.134. The Morgan fingerprint density at radius 1 is 1.45 bits per heavy atom. The van der Waals surface area contributed by atoms with Crippen molar-refractivity contribution in [2.75, 3.05) is 5.75 Å². The maximum Gasteiger partial charge on any atom is 0.313 e. The molecule has 0 fully saturated rings. The first kappa shape index (κ1) is 16.6. The number of rotatable bonds is 6. The monoisotopic (exact) mass is 299 g/mol. The summed E-state index contributed by atoms with van der Waals surface area (Å²) in [5.41, 5.74) is 0.670. The fraction of sp³-hybridized carbons (Fsp3) is 0.615. The van der Waals surface area contributed by atoms with E-state index in [0.29, 0.717) is 18.1 Å². The summed E-state index contributed by atoms with van der Waals surface area (Å²) in [4.78, 5) is 26.6. The Labute approximate surface area is 123 Å². The number of thioether (sulfide) groups is 1. The summed E-state index contributed by atoms with van der Waals surface area (Å²) in [5, 5.41) is 12.2. The van der Waals surface area contributed by atoms with Gasteiger partial charge in [-0.15, -0.1) is 0 Å². The van der Waals surface area contributed by atoms with Crippen LogP contribution in [0, 0.1) is 6.92 Å². The zero-order chi connectivity index (χ0) is 15.3. The summed E-state index contributed by atoms with van der Waals surface area (Å²) < 4.78 is 1.87. The first-order valence-electron chi connectivity index (χ1n) is 6.37. The van der Waals surface area contributed by atoms with Gasteiger partial charge in [0.25, 0.3) is 0 Å². The molecule has 1 rings (SSSR count). The van der Waals surface area contributed by atoms with E-state index in [1.54, 1.807) is 6.20 Å². The Hall–Kier alpha value is -1.50. The highest BCUT2D eigenvalue weighted by molar-refractivity contribution is 7.99. The number of hydrogen-bond donors (Lipinski definition) is 2. The molecule has 20 heavy (non-hydrogen) atoms. The number of carbonyl (C=O) groups excluding carboxylic acids is 1. The Balaban J connectivity index is 2.61. The van der Waals surface area contributed by atoms with Crippen molar-refractivity contribution in [1.29, 1.82) is 0 Å². The van der Waals surface area contributed by atoms with Gasteiger partial charge < -0.3 is 15.0 Å². The van der Waals surface area contributed by atoms with Gasteiger partial charge in [0.1, 0.15) is 0 Å². The molecule has 0 unspecified atom stereocenters. The average Bonchev–Trinajstić information content (AvgIpc) is 2.62. The van der Waals surface area contributed by atoms with E-state index in [1.807, 2.05) is 32.3 Å². The molecule has 0 aliphatic carbocycles. The van der Waals surface area contributed by atoms with Gasteiger partial charge in [0, 0.05) is 30.4 Å². The van der Waals surface area contributed by atoms with Crippen molar-refractivity contribution in [3.8, 4) is 0 Å². The van der Waals surface area contributed by atoms with Gasteiger partial charge in [-0.05, 0) is 27.7 Å². The highest BCUT2D eigenvalue weighted by Gasteiger charge is 2.15. The van der Waals surface area contributed by atoms with E-state index in [4.69, 9.17) is 5.11 Å². The molecule has 7 heteroatoms. The third kappa shape index (κ3) is 5.64. The van der Waals surface area contributed by atoms with Gasteiger partial charge in [0.2, 0.25) is 5.91 Å². The number of amides is 1. The van der Waals surface area contributed by atoms with Crippen molar-refractivity contribution in [2.24, 2.45) is 0 Å². The van der Waals surface area contributed by atoms with E-state index in [2.05, 4.69) is 10.3 Å². The van der Waals surface area contributed by atoms with Gasteiger partial charge in [-0.25, -0.2) is 4.98 Å². The van der Waals surface area contributed by atoms with Crippen LogP contribution in [-0.4, -0.2) is 37.8 Å². The van der Waals surface area contributed by atoms with Crippen LogP contribution >= 0.6 is 11.8 Å². The molecule has 1 amide bonds. The second-order valence-corrected chi connectivity index (χ2v) is 6.51. The fourth-order valence-corrected chi connectivity index (χ4v) is 2.42. The van der Waals surface area contributed by atoms with Gasteiger partial charge in [-0.3, -0.25) is 9.59 Å². The summed E-state index contributed by atoms with van der Waals surface area (Å²) in [6, 6.07) is 0. The first-order chi connectivity index (χ1) is 9.19. The van der Waals surface area contributed by atoms with Crippen molar-refractivity contribution in [3.05, 3.63) is 11.9 Å². The summed E-state index contributed by atoms with van der Waals surface area (Å²) in [7, 11) is 0. The van der Waals surface area contributed by atoms with Crippen LogP contribution in [0.1, 0.15) is 32.9 Å². The van der Waals surface area contributed by atoms with E-state index in [9.17, 15) is 9.59 Å². The lowest BCUT2D eigenvalue weighted by atomic mass is 10.1. The lowest BCUT2D eigenvalue weighted by Gasteiger charge is -2.20. The lowest BCUT2D eigenvalue weighted by Crippen LogP contribution is -2.40. The Morgan fingerprint density at radius 3 is 2.65 bits per heavy atom. The number of aliphatic carboxylic acids is 1. The van der Waals surface area contributed by atoms with Gasteiger partial charge in [-0.2, -0.15) is 0 Å². The zero-order valence-corrected chi connectivity index (χ0v) is 13.1. The van der Waals surface area contributed by atoms with E-state index >= 15 is 0 Å². The third-order valence-corrected chi connectivity index (χ3v) is 3.40. The van der Waals surface area contributed by atoms with Crippen LogP contribution in [0.3, 0.4) is 0 Å². The standard InChI is InChI=1S/C13H21N3O3S/c1-9-7-14-12(20-8-11(18)19)16(9)6-5-10(17)15-13(2,3)4/h7H,5-6,8H2,1-4H3,(H,15,17)(H,18,19). The minimum absolute atomic E-state index is 0.0280. The van der Waals surface area contributed by atoms with Gasteiger partial charge in [-0.1, -0.05) is 11.8 Å². The number of carbonyl (C=O) groups is 2. The predicted molar refractivity (Wildman–Crippen MR) is 77.8 cm³/mol. The molecule has 0 aliphatic heterocycles. The summed E-state index contributed by atoms with van der Waals surface area (Å²) in [6.45, 7) is 8.18. The van der Waals surface area contributed by atoms with Gasteiger partial charge in [0.05, 0.1) is 5.75 Å². The van der Waals surface area contributed by atoms with E-state index in [1.165, 1.54) is 0 Å². The molecule has 0 spiro atoms. The quantitative estimate of drug-likeness (QED) is 0.781. The normalized spacial score (nSPS) is 11.4. The molecule has 1 aromatic heterocycles. The van der Waals surface area contributed by atoms with Crippen LogP contribution in [0.25, 0.3) is 0 Å². The average molecular weight is 299 g/mol. The van der Waals surface area contributed by atoms with Crippen LogP contribution in [-0.2, 0) is 16.1 Å². The van der Waals surface area contributed by atoms with Gasteiger partial charge in [0.15, 0.2) is 5.16 Å². The molecule has 0 aliphatic rings. The second kappa shape index (κ2) is 6.78. The topological polar surface area (TPSA) is 84.2 Å². The van der Waals surface area contributed by atoms with Crippen molar-refractivity contribution in [2.45, 2.75) is 51.4 Å². The molecular formula is C13H21N3O3S. The van der Waals surface area contributed by atoms with E-state index < -0.39 is 5.97 Å². The molecule has 0 aromatic carbocycles. The summed E-state index contributed by atoms with van der Waals surface area (Å²) in [5.74, 6) is -0.947. The predicted octanol–water partition coefficient (Wildman–Crippen LogP) is 1.67. The maximum absolute atomic E-state index is 11.8. The number of aryl methyl sites for hydroxylation is 1. The van der Waals surface area contributed by atoms with Crippen LogP contribution in [0.2, 0.25) is 0 Å². The van der Waals surface area contributed by atoms with Crippen molar-refractivity contribution < 1.29 is 14.7 Å². The third-order valence-electron chi connectivity index (χ3n) is 2.42. The highest BCUT2D eigenvalue weighted by Crippen LogP contribution is 2.18. The summed E-state index contributed by atoms with van der Waals surface area (Å²) in [6.07, 6.45) is 2.03. The molecule has 0 saturated heterocycles. The maximum atomic E-state index is 11.8. The van der Waals surface area contributed by atoms with Crippen molar-refractivity contribution in [3.63, 3.8) is 0 Å². The zero-order valence-electron chi connectivity index (χ0n) is 12.3. The van der Waals surface area contributed by atoms with Gasteiger partial charge >= 0.3 is 5.97 Å². The molecule has 1 heterocycles. The minimum Gasteiger partial charge on any atom is -0.481 e. The Kier molecular flexibility index (Phi) is 5.62. The molecular weight excluding hydrogens is 278 g/mol. The Bertz CT molecular complexity index is 492. The molecule has 0 atom stereocenters. The largest absolute Gasteiger partial charge is 0.481 e. The van der Waals surface area contributed by atoms with Crippen LogP contribution in [0.15, 0.2) is 11.4 Å². The number of aromatic nitrogens is 2. The molecule has 0 bridgehead atoms. The highest BCUT2D eigenvalue weighted by atomic mass is 32.2. The summed E-state index contributed by atoms with van der Waals surface area (Å²) >= 11 is 1.16. The SMILES string of the molecule is Cc1cnc(SCC(=O)O)n1CCC(=O)NC(C)(C)C. The molecule has 0 radical (unpaired) electrons. The van der Waals surface area contributed by atoms with E-state index in [-0.39, 0.29) is 17.2 Å². The number of hydrogen-bond acceptors (Lipinski definition) is 4. The second-order valence-electron chi connectivity index (χ2n) is 5.56. The van der Waals surface area contributed by atoms with Crippen molar-refractivity contribution in [1.82, 2.24) is 14.9 Å². The molecule has 112 valence electrons.